The number of fused-ring (bicyclic) bond motifs is 5. The molecule has 0 N–H and O–H groups in total. The minimum absolute atomic E-state index is 0.365. The van der Waals surface area contributed by atoms with E-state index in [1.165, 1.54) is 44.1 Å². The lowest BCUT2D eigenvalue weighted by Crippen LogP contribution is -2.55. The lowest BCUT2D eigenvalue weighted by molar-refractivity contribution is -0.0983. The molecule has 1 heteroatoms. The van der Waals surface area contributed by atoms with Crippen LogP contribution in [-0.4, -0.2) is 7.11 Å². The molecule has 24 heavy (non-hydrogen) atoms. The van der Waals surface area contributed by atoms with Crippen LogP contribution in [0.1, 0.15) is 76.5 Å². The SMILES string of the molecule is COc1cc(C)c2c(c1)C[C@@H]1[C@@]3(C)CCCC(C)(C)C3CC[C@]21C. The van der Waals surface area contributed by atoms with Crippen LogP contribution in [0.4, 0.5) is 0 Å². The molecule has 0 radical (unpaired) electrons. The number of hydrogen-bond acceptors (Lipinski definition) is 1. The third-order valence-corrected chi connectivity index (χ3v) is 8.41. The molecular formula is C23H34O. The van der Waals surface area contributed by atoms with Gasteiger partial charge >= 0.3 is 0 Å². The van der Waals surface area contributed by atoms with Crippen molar-refractivity contribution in [1.29, 1.82) is 0 Å². The van der Waals surface area contributed by atoms with Crippen LogP contribution in [0.15, 0.2) is 12.1 Å². The van der Waals surface area contributed by atoms with Crippen molar-refractivity contribution < 1.29 is 4.74 Å². The summed E-state index contributed by atoms with van der Waals surface area (Å²) in [5, 5.41) is 0. The molecule has 2 fully saturated rings. The highest BCUT2D eigenvalue weighted by molar-refractivity contribution is 5.51. The second-order valence-corrected chi connectivity index (χ2v) is 10.1. The van der Waals surface area contributed by atoms with Crippen molar-refractivity contribution in [3.8, 4) is 5.75 Å². The Morgan fingerprint density at radius 1 is 1.00 bits per heavy atom. The number of benzene rings is 1. The van der Waals surface area contributed by atoms with Crippen LogP contribution in [-0.2, 0) is 11.8 Å². The summed E-state index contributed by atoms with van der Waals surface area (Å²) in [7, 11) is 1.80. The van der Waals surface area contributed by atoms with E-state index >= 15 is 0 Å². The summed E-state index contributed by atoms with van der Waals surface area (Å²) in [6.07, 6.45) is 8.27. The van der Waals surface area contributed by atoms with E-state index in [1.54, 1.807) is 18.2 Å². The largest absolute Gasteiger partial charge is 0.497 e. The molecule has 0 amide bonds. The summed E-state index contributed by atoms with van der Waals surface area (Å²) in [5.41, 5.74) is 6.06. The number of aryl methyl sites for hydroxylation is 1. The van der Waals surface area contributed by atoms with Gasteiger partial charge in [0.15, 0.2) is 0 Å². The molecule has 2 saturated carbocycles. The maximum atomic E-state index is 5.57. The van der Waals surface area contributed by atoms with Crippen molar-refractivity contribution in [2.75, 3.05) is 7.11 Å². The van der Waals surface area contributed by atoms with Gasteiger partial charge in [-0.05, 0) is 95.9 Å². The molecule has 0 aliphatic heterocycles. The first kappa shape index (κ1) is 16.5. The number of methoxy groups -OCH3 is 1. The zero-order valence-corrected chi connectivity index (χ0v) is 16.5. The zero-order chi connectivity index (χ0) is 17.3. The Morgan fingerprint density at radius 3 is 2.46 bits per heavy atom. The molecule has 3 aliphatic carbocycles. The van der Waals surface area contributed by atoms with Crippen LogP contribution in [0.3, 0.4) is 0 Å². The van der Waals surface area contributed by atoms with Gasteiger partial charge in [-0.25, -0.2) is 0 Å². The van der Waals surface area contributed by atoms with Gasteiger partial charge in [0.05, 0.1) is 7.11 Å². The van der Waals surface area contributed by atoms with E-state index in [0.717, 1.165) is 17.6 Å². The van der Waals surface area contributed by atoms with Crippen LogP contribution in [0.2, 0.25) is 0 Å². The number of hydrogen-bond donors (Lipinski definition) is 0. The second-order valence-electron chi connectivity index (χ2n) is 10.1. The van der Waals surface area contributed by atoms with Crippen molar-refractivity contribution >= 4 is 0 Å². The molecule has 0 spiro atoms. The first-order valence-corrected chi connectivity index (χ1v) is 9.90. The first-order chi connectivity index (χ1) is 11.2. The van der Waals surface area contributed by atoms with Gasteiger partial charge in [-0.1, -0.05) is 34.1 Å². The van der Waals surface area contributed by atoms with E-state index in [-0.39, 0.29) is 0 Å². The van der Waals surface area contributed by atoms with Crippen LogP contribution in [0, 0.1) is 29.6 Å². The third kappa shape index (κ3) is 1.99. The fourth-order valence-electron chi connectivity index (χ4n) is 7.55. The van der Waals surface area contributed by atoms with Crippen LogP contribution in [0.25, 0.3) is 0 Å². The molecule has 4 rings (SSSR count). The van der Waals surface area contributed by atoms with Crippen molar-refractivity contribution in [1.82, 2.24) is 0 Å². The van der Waals surface area contributed by atoms with Gasteiger partial charge in [0, 0.05) is 0 Å². The monoisotopic (exact) mass is 326 g/mol. The highest BCUT2D eigenvalue weighted by atomic mass is 16.5. The maximum Gasteiger partial charge on any atom is 0.119 e. The smallest absolute Gasteiger partial charge is 0.119 e. The fraction of sp³-hybridized carbons (Fsp3) is 0.739. The van der Waals surface area contributed by atoms with Crippen LogP contribution in [0.5, 0.6) is 5.75 Å². The summed E-state index contributed by atoms with van der Waals surface area (Å²) in [6.45, 7) is 12.6. The van der Waals surface area contributed by atoms with Gasteiger partial charge in [0.1, 0.15) is 5.75 Å². The molecule has 1 unspecified atom stereocenters. The van der Waals surface area contributed by atoms with Crippen molar-refractivity contribution in [3.63, 3.8) is 0 Å². The average molecular weight is 327 g/mol. The Morgan fingerprint density at radius 2 is 1.75 bits per heavy atom. The quantitative estimate of drug-likeness (QED) is 0.609. The first-order valence-electron chi connectivity index (χ1n) is 9.90. The Balaban J connectivity index is 1.82. The molecule has 0 heterocycles. The molecule has 4 atom stereocenters. The predicted molar refractivity (Wildman–Crippen MR) is 101 cm³/mol. The van der Waals surface area contributed by atoms with Gasteiger partial charge < -0.3 is 4.74 Å². The van der Waals surface area contributed by atoms with Gasteiger partial charge in [-0.3, -0.25) is 0 Å². The molecule has 1 aromatic carbocycles. The summed E-state index contributed by atoms with van der Waals surface area (Å²) in [6, 6.07) is 4.59. The van der Waals surface area contributed by atoms with E-state index in [9.17, 15) is 0 Å². The lowest BCUT2D eigenvalue weighted by Gasteiger charge is -2.61. The Kier molecular flexibility index (Phi) is 3.45. The van der Waals surface area contributed by atoms with Gasteiger partial charge in [-0.2, -0.15) is 0 Å². The van der Waals surface area contributed by atoms with E-state index in [4.69, 9.17) is 4.74 Å². The van der Waals surface area contributed by atoms with Crippen LogP contribution < -0.4 is 4.74 Å². The third-order valence-electron chi connectivity index (χ3n) is 8.41. The highest BCUT2D eigenvalue weighted by Gasteiger charge is 2.61. The van der Waals surface area contributed by atoms with Crippen LogP contribution >= 0.6 is 0 Å². The lowest BCUT2D eigenvalue weighted by atomic mass is 9.43. The van der Waals surface area contributed by atoms with E-state index in [1.807, 2.05) is 0 Å². The van der Waals surface area contributed by atoms with Crippen molar-refractivity contribution in [2.45, 2.75) is 78.6 Å². The number of ether oxygens (including phenoxy) is 1. The molecule has 132 valence electrons. The summed E-state index contributed by atoms with van der Waals surface area (Å²) in [5.74, 6) is 2.72. The minimum Gasteiger partial charge on any atom is -0.497 e. The van der Waals surface area contributed by atoms with E-state index < -0.39 is 0 Å². The Labute approximate surface area is 148 Å². The Bertz CT molecular complexity index is 673. The molecule has 1 aromatic rings. The van der Waals surface area contributed by atoms with Gasteiger partial charge in [0.25, 0.3) is 0 Å². The molecular weight excluding hydrogens is 292 g/mol. The zero-order valence-electron chi connectivity index (χ0n) is 16.5. The molecule has 3 aliphatic rings. The summed E-state index contributed by atoms with van der Waals surface area (Å²) in [4.78, 5) is 0. The Hall–Kier alpha value is -0.980. The van der Waals surface area contributed by atoms with E-state index in [2.05, 4.69) is 46.8 Å². The summed E-state index contributed by atoms with van der Waals surface area (Å²) < 4.78 is 5.57. The molecule has 0 bridgehead atoms. The summed E-state index contributed by atoms with van der Waals surface area (Å²) >= 11 is 0. The minimum atomic E-state index is 0.365. The predicted octanol–water partition coefficient (Wildman–Crippen LogP) is 6.06. The topological polar surface area (TPSA) is 9.23 Å². The molecule has 0 saturated heterocycles. The van der Waals surface area contributed by atoms with Gasteiger partial charge in [-0.15, -0.1) is 0 Å². The average Bonchev–Trinajstić information content (AvgIpc) is 2.80. The standard InChI is InChI=1S/C23H34O/c1-15-12-17(24-6)13-16-14-19-22(4)10-7-9-21(2,3)18(22)8-11-23(19,5)20(15)16/h12-13,18-19H,7-11,14H2,1-6H3/t18?,19-,22+,23+/m1/s1. The molecule has 0 aromatic heterocycles. The number of rotatable bonds is 1. The highest BCUT2D eigenvalue weighted by Crippen LogP contribution is 2.67. The van der Waals surface area contributed by atoms with Crippen molar-refractivity contribution in [3.05, 3.63) is 28.8 Å². The van der Waals surface area contributed by atoms with Gasteiger partial charge in [0.2, 0.25) is 0 Å². The molecule has 1 nitrogen and oxygen atoms in total. The maximum absolute atomic E-state index is 5.57. The fourth-order valence-corrected chi connectivity index (χ4v) is 7.55. The van der Waals surface area contributed by atoms with Crippen molar-refractivity contribution in [2.24, 2.45) is 22.7 Å². The van der Waals surface area contributed by atoms with E-state index in [0.29, 0.717) is 16.2 Å². The normalized spacial score (nSPS) is 39.8. The second kappa shape index (κ2) is 5.02.